The van der Waals surface area contributed by atoms with Crippen molar-refractivity contribution in [2.75, 3.05) is 25.6 Å². The number of hydrogen-bond acceptors (Lipinski definition) is 5. The van der Waals surface area contributed by atoms with Gasteiger partial charge in [0.25, 0.3) is 0 Å². The molecule has 8 heteroatoms. The molecule has 32 heavy (non-hydrogen) atoms. The van der Waals surface area contributed by atoms with E-state index in [9.17, 15) is 13.6 Å². The summed E-state index contributed by atoms with van der Waals surface area (Å²) in [5.74, 6) is -1.28. The molecule has 1 amide bonds. The van der Waals surface area contributed by atoms with Crippen LogP contribution in [0.5, 0.6) is 0 Å². The highest BCUT2D eigenvalue weighted by molar-refractivity contribution is 5.94. The Hall–Kier alpha value is -3.26. The number of carbonyl (C=O) groups excluding carboxylic acids is 1. The number of ether oxygens (including phenoxy) is 2. The van der Waals surface area contributed by atoms with Crippen LogP contribution in [0.25, 0.3) is 0 Å². The van der Waals surface area contributed by atoms with E-state index in [0.717, 1.165) is 23.0 Å². The smallest absolute Gasteiger partial charge is 0.312 e. The second kappa shape index (κ2) is 13.9. The number of rotatable bonds is 8. The van der Waals surface area contributed by atoms with Gasteiger partial charge in [-0.2, -0.15) is 0 Å². The van der Waals surface area contributed by atoms with Crippen molar-refractivity contribution < 1.29 is 23.0 Å². The minimum atomic E-state index is -0.556. The Labute approximate surface area is 188 Å². The number of allylic oxidation sites excluding steroid dienone is 4. The molecule has 0 aliphatic heterocycles. The minimum absolute atomic E-state index is 0.00463. The third-order valence-corrected chi connectivity index (χ3v) is 4.73. The highest BCUT2D eigenvalue weighted by atomic mass is 19.1. The van der Waals surface area contributed by atoms with Crippen molar-refractivity contribution in [2.45, 2.75) is 33.8 Å². The van der Waals surface area contributed by atoms with Crippen LogP contribution in [0, 0.1) is 13.8 Å². The van der Waals surface area contributed by atoms with Gasteiger partial charge in [-0.25, -0.2) is 13.8 Å². The third kappa shape index (κ3) is 8.47. The van der Waals surface area contributed by atoms with Gasteiger partial charge in [0, 0.05) is 31.5 Å². The van der Waals surface area contributed by atoms with E-state index in [4.69, 9.17) is 10.5 Å². The first-order valence-corrected chi connectivity index (χ1v) is 10.1. The Morgan fingerprint density at radius 1 is 1.28 bits per heavy atom. The molecule has 0 atom stereocenters. The van der Waals surface area contributed by atoms with Crippen molar-refractivity contribution in [3.8, 4) is 0 Å². The molecule has 1 aromatic rings. The Morgan fingerprint density at radius 2 is 2.00 bits per heavy atom. The van der Waals surface area contributed by atoms with Crippen molar-refractivity contribution in [1.29, 1.82) is 0 Å². The van der Waals surface area contributed by atoms with Gasteiger partial charge in [0.1, 0.15) is 11.7 Å². The Balaban J connectivity index is 0.000000482. The number of methoxy groups -OCH3 is 1. The summed E-state index contributed by atoms with van der Waals surface area (Å²) in [4.78, 5) is 13.5. The predicted octanol–water partition coefficient (Wildman–Crippen LogP) is 4.95. The van der Waals surface area contributed by atoms with Crippen molar-refractivity contribution in [3.05, 3.63) is 76.2 Å². The highest BCUT2D eigenvalue weighted by Crippen LogP contribution is 2.24. The standard InChI is InChI=1S/C19H23F2NO.C5H8N2O2/c1-4-23-12-16-5-8-19(14(3)13(16)2)22-11-15-9-17(20)6-7-18(21)10-15;1-7-5(8)4(3-6)9-2/h5-6,8-10,22H,4,7,11-12H2,1-3H3;3H,1,6H2,2H3/b;4-3+. The quantitative estimate of drug-likeness (QED) is 0.335. The maximum absolute atomic E-state index is 13.5. The molecule has 0 unspecified atom stereocenters. The number of nitrogens with one attached hydrogen (secondary N) is 1. The minimum Gasteiger partial charge on any atom is -0.490 e. The molecule has 0 bridgehead atoms. The monoisotopic (exact) mass is 447 g/mol. The van der Waals surface area contributed by atoms with Crippen LogP contribution in [0.1, 0.15) is 30.0 Å². The Morgan fingerprint density at radius 3 is 2.56 bits per heavy atom. The van der Waals surface area contributed by atoms with Gasteiger partial charge in [-0.1, -0.05) is 6.07 Å². The molecule has 0 radical (unpaired) electrons. The Kier molecular flexibility index (Phi) is 11.7. The number of anilines is 1. The highest BCUT2D eigenvalue weighted by Gasteiger charge is 2.09. The van der Waals surface area contributed by atoms with E-state index in [1.807, 2.05) is 26.0 Å². The maximum Gasteiger partial charge on any atom is 0.312 e. The zero-order valence-electron chi connectivity index (χ0n) is 19.0. The molecule has 0 aromatic heterocycles. The van der Waals surface area contributed by atoms with Gasteiger partial charge in [-0.3, -0.25) is 4.79 Å². The van der Waals surface area contributed by atoms with Crippen molar-refractivity contribution in [1.82, 2.24) is 0 Å². The zero-order chi connectivity index (χ0) is 24.1. The van der Waals surface area contributed by atoms with Crippen LogP contribution in [0.2, 0.25) is 0 Å². The number of halogens is 2. The first-order chi connectivity index (χ1) is 15.3. The molecule has 1 aliphatic rings. The van der Waals surface area contributed by atoms with Crippen LogP contribution in [-0.4, -0.2) is 32.9 Å². The van der Waals surface area contributed by atoms with E-state index >= 15 is 0 Å². The topological polar surface area (TPSA) is 85.9 Å². The lowest BCUT2D eigenvalue weighted by Crippen LogP contribution is -2.07. The molecule has 174 valence electrons. The molecule has 2 rings (SSSR count). The predicted molar refractivity (Wildman–Crippen MR) is 125 cm³/mol. The third-order valence-electron chi connectivity index (χ3n) is 4.73. The molecular weight excluding hydrogens is 416 g/mol. The second-order valence-corrected chi connectivity index (χ2v) is 6.81. The second-order valence-electron chi connectivity index (χ2n) is 6.81. The number of aliphatic imine (C=N–C) groups is 1. The van der Waals surface area contributed by atoms with Gasteiger partial charge >= 0.3 is 5.91 Å². The number of hydrogen-bond donors (Lipinski definition) is 2. The summed E-state index contributed by atoms with van der Waals surface area (Å²) >= 11 is 0. The van der Waals surface area contributed by atoms with Crippen LogP contribution >= 0.6 is 0 Å². The number of amides is 1. The summed E-state index contributed by atoms with van der Waals surface area (Å²) in [6.07, 6.45) is 5.05. The van der Waals surface area contributed by atoms with Crippen LogP contribution in [0.4, 0.5) is 14.5 Å². The summed E-state index contributed by atoms with van der Waals surface area (Å²) in [6.45, 7) is 10.7. The van der Waals surface area contributed by atoms with Crippen molar-refractivity contribution in [2.24, 2.45) is 10.7 Å². The van der Waals surface area contributed by atoms with E-state index in [1.165, 1.54) is 30.9 Å². The van der Waals surface area contributed by atoms with Gasteiger partial charge < -0.3 is 20.5 Å². The average molecular weight is 448 g/mol. The van der Waals surface area contributed by atoms with Crippen molar-refractivity contribution in [3.63, 3.8) is 0 Å². The molecule has 1 aliphatic carbocycles. The molecular formula is C24H31F2N3O3. The number of nitrogens with two attached hydrogens (primary N) is 1. The first kappa shape index (κ1) is 26.8. The van der Waals surface area contributed by atoms with Gasteiger partial charge in [0.15, 0.2) is 0 Å². The first-order valence-electron chi connectivity index (χ1n) is 10.1. The molecule has 0 spiro atoms. The SMILES string of the molecule is C=NC(=O)/C(=C\N)OC.CCOCc1ccc(NCC2=CC(F)=CCC(F)=C2)c(C)c1C. The molecule has 1 aromatic carbocycles. The van der Waals surface area contributed by atoms with Crippen LogP contribution < -0.4 is 11.1 Å². The van der Waals surface area contributed by atoms with Gasteiger partial charge in [0.2, 0.25) is 5.76 Å². The van der Waals surface area contributed by atoms with Gasteiger partial charge in [-0.05, 0) is 74.0 Å². The van der Waals surface area contributed by atoms with E-state index in [0.29, 0.717) is 25.3 Å². The normalized spacial score (nSPS) is 13.6. The molecule has 0 fully saturated rings. The lowest BCUT2D eigenvalue weighted by Gasteiger charge is -2.15. The molecule has 0 heterocycles. The average Bonchev–Trinajstić information content (AvgIpc) is 2.95. The van der Waals surface area contributed by atoms with E-state index in [1.54, 1.807) is 0 Å². The lowest BCUT2D eigenvalue weighted by molar-refractivity contribution is -0.117. The number of nitrogens with zero attached hydrogens (tertiary/aromatic N) is 1. The molecule has 3 N–H and O–H groups in total. The van der Waals surface area contributed by atoms with Gasteiger partial charge in [0.05, 0.1) is 13.7 Å². The summed E-state index contributed by atoms with van der Waals surface area (Å²) in [5.41, 5.74) is 9.97. The van der Waals surface area contributed by atoms with Crippen molar-refractivity contribution >= 4 is 18.3 Å². The van der Waals surface area contributed by atoms with E-state index in [2.05, 4.69) is 28.7 Å². The van der Waals surface area contributed by atoms with E-state index < -0.39 is 11.7 Å². The molecule has 6 nitrogen and oxygen atoms in total. The zero-order valence-corrected chi connectivity index (χ0v) is 19.0. The summed E-state index contributed by atoms with van der Waals surface area (Å²) < 4.78 is 36.9. The fourth-order valence-corrected chi connectivity index (χ4v) is 2.77. The van der Waals surface area contributed by atoms with Gasteiger partial charge in [-0.15, -0.1) is 0 Å². The molecule has 0 saturated heterocycles. The molecule has 0 saturated carbocycles. The fraction of sp³-hybridized carbons (Fsp3) is 0.333. The summed E-state index contributed by atoms with van der Waals surface area (Å²) in [6, 6.07) is 4.01. The van der Waals surface area contributed by atoms with Crippen LogP contribution in [0.15, 0.2) is 64.5 Å². The number of benzene rings is 1. The number of carbonyl (C=O) groups is 1. The van der Waals surface area contributed by atoms with Crippen LogP contribution in [0.3, 0.4) is 0 Å². The van der Waals surface area contributed by atoms with E-state index in [-0.39, 0.29) is 18.0 Å². The summed E-state index contributed by atoms with van der Waals surface area (Å²) in [5, 5.41) is 3.26. The largest absolute Gasteiger partial charge is 0.490 e. The maximum atomic E-state index is 13.5. The summed E-state index contributed by atoms with van der Waals surface area (Å²) in [7, 11) is 1.34. The Bertz CT molecular complexity index is 935. The van der Waals surface area contributed by atoms with Crippen LogP contribution in [-0.2, 0) is 20.9 Å². The lowest BCUT2D eigenvalue weighted by atomic mass is 10.0. The fourth-order valence-electron chi connectivity index (χ4n) is 2.77.